The molecule has 6 nitrogen and oxygen atoms in total. The summed E-state index contributed by atoms with van der Waals surface area (Å²) < 4.78 is 3.05. The first kappa shape index (κ1) is 19.9. The molecule has 29 heavy (non-hydrogen) atoms. The number of amides is 1. The molecule has 1 fully saturated rings. The van der Waals surface area contributed by atoms with Crippen LogP contribution in [0.25, 0.3) is 16.0 Å². The number of nitrogens with zero attached hydrogens (tertiary/aromatic N) is 4. The van der Waals surface area contributed by atoms with E-state index in [4.69, 9.17) is 10.1 Å². The fourth-order valence-electron chi connectivity index (χ4n) is 3.75. The number of carbonyl (C=O) groups excluding carboxylic acids is 1. The smallest absolute Gasteiger partial charge is 0.225 e. The van der Waals surface area contributed by atoms with Crippen molar-refractivity contribution in [3.8, 4) is 5.69 Å². The standard InChI is InChI=1S/C22H29N5OS/c1-5-15(3)23-21(28)17-7-6-12-26(13-17)22-24-20-19(29-22)16(4)25-27(20)18-10-8-14(2)9-11-18/h8-11,15,17H,5-7,12-13H2,1-4H3,(H,23,28)/t15-,17-/m0/s1. The van der Waals surface area contributed by atoms with E-state index in [1.165, 1.54) is 5.56 Å². The van der Waals surface area contributed by atoms with Crippen LogP contribution in [0.15, 0.2) is 24.3 Å². The number of aryl methyl sites for hydroxylation is 2. The predicted octanol–water partition coefficient (Wildman–Crippen LogP) is 4.23. The molecular formula is C22H29N5OS. The Morgan fingerprint density at radius 3 is 2.79 bits per heavy atom. The minimum Gasteiger partial charge on any atom is -0.353 e. The molecule has 154 valence electrons. The van der Waals surface area contributed by atoms with Gasteiger partial charge in [-0.3, -0.25) is 4.79 Å². The minimum atomic E-state index is 0.0273. The van der Waals surface area contributed by atoms with Crippen molar-refractivity contribution in [3.63, 3.8) is 0 Å². The number of anilines is 1. The van der Waals surface area contributed by atoms with Crippen LogP contribution in [0.1, 0.15) is 44.4 Å². The van der Waals surface area contributed by atoms with Gasteiger partial charge in [-0.15, -0.1) is 0 Å². The highest BCUT2D eigenvalue weighted by molar-refractivity contribution is 7.22. The molecule has 7 heteroatoms. The molecule has 1 amide bonds. The second kappa shape index (κ2) is 8.14. The Bertz CT molecular complexity index is 1010. The first-order valence-corrected chi connectivity index (χ1v) is 11.3. The molecule has 1 N–H and O–H groups in total. The number of hydrogen-bond donors (Lipinski definition) is 1. The van der Waals surface area contributed by atoms with Crippen LogP contribution in [-0.2, 0) is 4.79 Å². The van der Waals surface area contributed by atoms with E-state index in [1.54, 1.807) is 11.3 Å². The highest BCUT2D eigenvalue weighted by Gasteiger charge is 2.28. The average Bonchev–Trinajstić information content (AvgIpc) is 3.29. The molecule has 0 unspecified atom stereocenters. The molecule has 0 aliphatic carbocycles. The van der Waals surface area contributed by atoms with Crippen LogP contribution < -0.4 is 10.2 Å². The molecule has 0 bridgehead atoms. The predicted molar refractivity (Wildman–Crippen MR) is 119 cm³/mol. The van der Waals surface area contributed by atoms with Gasteiger partial charge in [-0.2, -0.15) is 10.1 Å². The Morgan fingerprint density at radius 1 is 1.31 bits per heavy atom. The number of rotatable bonds is 5. The van der Waals surface area contributed by atoms with Crippen molar-refractivity contribution in [2.75, 3.05) is 18.0 Å². The highest BCUT2D eigenvalue weighted by atomic mass is 32.1. The first-order valence-electron chi connectivity index (χ1n) is 10.4. The summed E-state index contributed by atoms with van der Waals surface area (Å²) in [6.07, 6.45) is 2.91. The van der Waals surface area contributed by atoms with E-state index >= 15 is 0 Å². The Labute approximate surface area is 175 Å². The van der Waals surface area contributed by atoms with Gasteiger partial charge in [0.05, 0.1) is 22.0 Å². The Kier molecular flexibility index (Phi) is 5.58. The largest absolute Gasteiger partial charge is 0.353 e. The van der Waals surface area contributed by atoms with E-state index in [9.17, 15) is 4.79 Å². The fraction of sp³-hybridized carbons (Fsp3) is 0.500. The molecule has 3 aromatic rings. The third-order valence-corrected chi connectivity index (χ3v) is 6.93. The summed E-state index contributed by atoms with van der Waals surface area (Å²) in [5.41, 5.74) is 4.14. The van der Waals surface area contributed by atoms with Gasteiger partial charge in [-0.25, -0.2) is 4.68 Å². The molecule has 1 saturated heterocycles. The molecule has 4 rings (SSSR count). The Hall–Kier alpha value is -2.41. The Balaban J connectivity index is 1.59. The first-order chi connectivity index (χ1) is 14.0. The van der Waals surface area contributed by atoms with Crippen LogP contribution >= 0.6 is 11.3 Å². The van der Waals surface area contributed by atoms with Crippen molar-refractivity contribution in [1.82, 2.24) is 20.1 Å². The number of fused-ring (bicyclic) bond motifs is 1. The SMILES string of the molecule is CC[C@H](C)NC(=O)[C@H]1CCCN(c2nc3c(s2)c(C)nn3-c2ccc(C)cc2)C1. The van der Waals surface area contributed by atoms with Gasteiger partial charge < -0.3 is 10.2 Å². The third-order valence-electron chi connectivity index (χ3n) is 5.72. The number of hydrogen-bond acceptors (Lipinski definition) is 5. The van der Waals surface area contributed by atoms with E-state index in [2.05, 4.69) is 55.3 Å². The van der Waals surface area contributed by atoms with Gasteiger partial charge in [-0.05, 0) is 52.2 Å². The van der Waals surface area contributed by atoms with E-state index in [1.807, 2.05) is 11.6 Å². The number of thiazole rings is 1. The minimum absolute atomic E-state index is 0.0273. The summed E-state index contributed by atoms with van der Waals surface area (Å²) in [5.74, 6) is 0.201. The maximum Gasteiger partial charge on any atom is 0.225 e. The Morgan fingerprint density at radius 2 is 2.07 bits per heavy atom. The van der Waals surface area contributed by atoms with Crippen LogP contribution in [0.2, 0.25) is 0 Å². The van der Waals surface area contributed by atoms with Crippen molar-refractivity contribution >= 4 is 32.7 Å². The van der Waals surface area contributed by atoms with Gasteiger partial charge in [0, 0.05) is 19.1 Å². The lowest BCUT2D eigenvalue weighted by molar-refractivity contribution is -0.125. The molecule has 2 aromatic heterocycles. The molecule has 1 aromatic carbocycles. The van der Waals surface area contributed by atoms with Crippen LogP contribution in [-0.4, -0.2) is 39.8 Å². The van der Waals surface area contributed by atoms with Crippen molar-refractivity contribution in [2.24, 2.45) is 5.92 Å². The lowest BCUT2D eigenvalue weighted by Gasteiger charge is -2.32. The van der Waals surface area contributed by atoms with Gasteiger partial charge in [0.1, 0.15) is 0 Å². The van der Waals surface area contributed by atoms with E-state index in [0.717, 1.165) is 59.2 Å². The summed E-state index contributed by atoms with van der Waals surface area (Å²) in [4.78, 5) is 19.8. The molecule has 1 aliphatic heterocycles. The van der Waals surface area contributed by atoms with Gasteiger partial charge in [0.15, 0.2) is 10.8 Å². The number of carbonyl (C=O) groups is 1. The molecule has 3 heterocycles. The summed E-state index contributed by atoms with van der Waals surface area (Å²) in [6, 6.07) is 8.57. The van der Waals surface area contributed by atoms with Crippen LogP contribution in [0.3, 0.4) is 0 Å². The summed E-state index contributed by atoms with van der Waals surface area (Å²) in [5, 5.41) is 8.83. The lowest BCUT2D eigenvalue weighted by Crippen LogP contribution is -2.45. The fourth-order valence-corrected chi connectivity index (χ4v) is 4.77. The van der Waals surface area contributed by atoms with Crippen molar-refractivity contribution < 1.29 is 4.79 Å². The zero-order valence-electron chi connectivity index (χ0n) is 17.6. The van der Waals surface area contributed by atoms with Crippen LogP contribution in [0.4, 0.5) is 5.13 Å². The molecule has 2 atom stereocenters. The summed E-state index contributed by atoms with van der Waals surface area (Å²) in [7, 11) is 0. The zero-order valence-corrected chi connectivity index (χ0v) is 18.4. The zero-order chi connectivity index (χ0) is 20.5. The number of piperidine rings is 1. The quantitative estimate of drug-likeness (QED) is 0.682. The number of nitrogens with one attached hydrogen (secondary N) is 1. The second-order valence-electron chi connectivity index (χ2n) is 8.08. The molecule has 0 saturated carbocycles. The van der Waals surface area contributed by atoms with E-state index in [-0.39, 0.29) is 17.9 Å². The molecule has 0 radical (unpaired) electrons. The van der Waals surface area contributed by atoms with Gasteiger partial charge in [0.25, 0.3) is 0 Å². The van der Waals surface area contributed by atoms with Crippen LogP contribution in [0, 0.1) is 19.8 Å². The normalized spacial score (nSPS) is 18.2. The lowest BCUT2D eigenvalue weighted by atomic mass is 9.97. The van der Waals surface area contributed by atoms with Crippen LogP contribution in [0.5, 0.6) is 0 Å². The summed E-state index contributed by atoms with van der Waals surface area (Å²) >= 11 is 1.68. The maximum absolute atomic E-state index is 12.6. The molecule has 1 aliphatic rings. The molecule has 0 spiro atoms. The van der Waals surface area contributed by atoms with Crippen molar-refractivity contribution in [1.29, 1.82) is 0 Å². The van der Waals surface area contributed by atoms with Crippen molar-refractivity contribution in [2.45, 2.75) is 53.0 Å². The summed E-state index contributed by atoms with van der Waals surface area (Å²) in [6.45, 7) is 9.95. The van der Waals surface area contributed by atoms with E-state index in [0.29, 0.717) is 0 Å². The van der Waals surface area contributed by atoms with Gasteiger partial charge in [-0.1, -0.05) is 36.0 Å². The van der Waals surface area contributed by atoms with Crippen molar-refractivity contribution in [3.05, 3.63) is 35.5 Å². The number of benzene rings is 1. The number of aromatic nitrogens is 3. The third kappa shape index (κ3) is 4.01. The monoisotopic (exact) mass is 411 g/mol. The maximum atomic E-state index is 12.6. The second-order valence-corrected chi connectivity index (χ2v) is 9.06. The van der Waals surface area contributed by atoms with Gasteiger partial charge in [0.2, 0.25) is 5.91 Å². The van der Waals surface area contributed by atoms with E-state index < -0.39 is 0 Å². The molecular weight excluding hydrogens is 382 g/mol. The highest BCUT2D eigenvalue weighted by Crippen LogP contribution is 2.34. The van der Waals surface area contributed by atoms with Gasteiger partial charge >= 0.3 is 0 Å². The average molecular weight is 412 g/mol. The topological polar surface area (TPSA) is 63.1 Å².